The third-order valence-electron chi connectivity index (χ3n) is 7.14. The third-order valence-corrected chi connectivity index (χ3v) is 7.14. The van der Waals surface area contributed by atoms with Crippen LogP contribution in [0.5, 0.6) is 0 Å². The third kappa shape index (κ3) is 6.28. The van der Waals surface area contributed by atoms with Gasteiger partial charge in [-0.15, -0.1) is 0 Å². The molecule has 1 heterocycles. The summed E-state index contributed by atoms with van der Waals surface area (Å²) >= 11 is 0. The maximum Gasteiger partial charge on any atom is 0.416 e. The fourth-order valence-electron chi connectivity index (χ4n) is 4.96. The van der Waals surface area contributed by atoms with E-state index in [1.54, 1.807) is 24.3 Å². The van der Waals surface area contributed by atoms with Crippen LogP contribution in [-0.4, -0.2) is 59.4 Å². The standard InChI is InChI=1S/C26H29F3N4O4/c27-26(28,29)19-3-1-2-17(12-19)24(36)31-13-22(34)32-20-14-33(15-20)21-8-10-25(37,11-9-21)18-6-4-16(5-7-18)23(30)35/h1-7,12,20-21,37H,8-11,13-15H2,(H2,30,35)(H,31,36)(H,32,34). The van der Waals surface area contributed by atoms with Crippen molar-refractivity contribution >= 4 is 17.7 Å². The molecule has 198 valence electrons. The molecule has 0 aromatic heterocycles. The summed E-state index contributed by atoms with van der Waals surface area (Å²) in [6.45, 7) is 0.948. The molecule has 2 aromatic rings. The summed E-state index contributed by atoms with van der Waals surface area (Å²) in [4.78, 5) is 37.9. The van der Waals surface area contributed by atoms with E-state index in [4.69, 9.17) is 5.73 Å². The molecule has 37 heavy (non-hydrogen) atoms. The van der Waals surface area contributed by atoms with Gasteiger partial charge in [-0.1, -0.05) is 18.2 Å². The van der Waals surface area contributed by atoms with E-state index in [-0.39, 0.29) is 24.2 Å². The summed E-state index contributed by atoms with van der Waals surface area (Å²) in [5, 5.41) is 16.3. The summed E-state index contributed by atoms with van der Waals surface area (Å²) in [7, 11) is 0. The number of amides is 3. The Kier molecular flexibility index (Phi) is 7.56. The summed E-state index contributed by atoms with van der Waals surface area (Å²) in [5.41, 5.74) is 4.38. The minimum atomic E-state index is -4.56. The van der Waals surface area contributed by atoms with E-state index in [0.29, 0.717) is 31.5 Å². The predicted octanol–water partition coefficient (Wildman–Crippen LogP) is 2.16. The molecular weight excluding hydrogens is 489 g/mol. The van der Waals surface area contributed by atoms with E-state index in [1.807, 2.05) is 0 Å². The van der Waals surface area contributed by atoms with E-state index < -0.39 is 35.1 Å². The Morgan fingerprint density at radius 3 is 2.27 bits per heavy atom. The van der Waals surface area contributed by atoms with E-state index in [9.17, 15) is 32.7 Å². The number of benzene rings is 2. The molecular formula is C26H29F3N4O4. The number of carbonyl (C=O) groups is 3. The molecule has 0 unspecified atom stereocenters. The number of hydrogen-bond donors (Lipinski definition) is 4. The molecule has 8 nitrogen and oxygen atoms in total. The molecule has 1 aliphatic carbocycles. The van der Waals surface area contributed by atoms with Crippen LogP contribution in [0.25, 0.3) is 0 Å². The zero-order valence-corrected chi connectivity index (χ0v) is 20.1. The lowest BCUT2D eigenvalue weighted by Gasteiger charge is -2.48. The number of carbonyl (C=O) groups excluding carboxylic acids is 3. The van der Waals surface area contributed by atoms with Crippen molar-refractivity contribution in [2.45, 2.75) is 49.5 Å². The molecule has 5 N–H and O–H groups in total. The van der Waals surface area contributed by atoms with Gasteiger partial charge in [0.2, 0.25) is 11.8 Å². The number of alkyl halides is 3. The molecule has 3 amide bonds. The molecule has 11 heteroatoms. The largest absolute Gasteiger partial charge is 0.416 e. The monoisotopic (exact) mass is 518 g/mol. The van der Waals surface area contributed by atoms with Crippen molar-refractivity contribution in [1.29, 1.82) is 0 Å². The summed E-state index contributed by atoms with van der Waals surface area (Å²) in [6.07, 6.45) is -1.85. The second kappa shape index (κ2) is 10.5. The molecule has 2 fully saturated rings. The van der Waals surface area contributed by atoms with Gasteiger partial charge in [-0.05, 0) is 61.6 Å². The van der Waals surface area contributed by atoms with Crippen LogP contribution in [0.2, 0.25) is 0 Å². The summed E-state index contributed by atoms with van der Waals surface area (Å²) < 4.78 is 38.5. The number of aliphatic hydroxyl groups is 1. The Labute approximate surface area is 212 Å². The number of nitrogens with zero attached hydrogens (tertiary/aromatic N) is 1. The molecule has 1 saturated heterocycles. The Morgan fingerprint density at radius 1 is 1.03 bits per heavy atom. The van der Waals surface area contributed by atoms with Crippen LogP contribution in [0.3, 0.4) is 0 Å². The second-order valence-electron chi connectivity index (χ2n) is 9.68. The molecule has 2 aromatic carbocycles. The van der Waals surface area contributed by atoms with Gasteiger partial charge in [0, 0.05) is 30.3 Å². The van der Waals surface area contributed by atoms with Crippen LogP contribution in [0.15, 0.2) is 48.5 Å². The van der Waals surface area contributed by atoms with Crippen LogP contribution in [0.1, 0.15) is 57.5 Å². The van der Waals surface area contributed by atoms with Gasteiger partial charge in [0.25, 0.3) is 5.91 Å². The zero-order valence-electron chi connectivity index (χ0n) is 20.1. The van der Waals surface area contributed by atoms with Gasteiger partial charge in [0.15, 0.2) is 0 Å². The first-order chi connectivity index (χ1) is 17.4. The Morgan fingerprint density at radius 2 is 1.68 bits per heavy atom. The highest BCUT2D eigenvalue weighted by Crippen LogP contribution is 2.39. The fourth-order valence-corrected chi connectivity index (χ4v) is 4.96. The van der Waals surface area contributed by atoms with E-state index >= 15 is 0 Å². The Balaban J connectivity index is 1.18. The number of primary amides is 1. The predicted molar refractivity (Wildman–Crippen MR) is 128 cm³/mol. The highest BCUT2D eigenvalue weighted by molar-refractivity contribution is 5.96. The minimum Gasteiger partial charge on any atom is -0.385 e. The number of nitrogens with two attached hydrogens (primary N) is 1. The highest BCUT2D eigenvalue weighted by Gasteiger charge is 2.40. The number of likely N-dealkylation sites (tertiary alicyclic amines) is 1. The molecule has 4 rings (SSSR count). The topological polar surface area (TPSA) is 125 Å². The van der Waals surface area contributed by atoms with Crippen molar-refractivity contribution in [2.24, 2.45) is 5.73 Å². The van der Waals surface area contributed by atoms with Crippen LogP contribution in [-0.2, 0) is 16.6 Å². The van der Waals surface area contributed by atoms with Gasteiger partial charge in [0.05, 0.1) is 23.8 Å². The maximum atomic E-state index is 12.8. The van der Waals surface area contributed by atoms with Crippen molar-refractivity contribution in [1.82, 2.24) is 15.5 Å². The first-order valence-electron chi connectivity index (χ1n) is 12.1. The highest BCUT2D eigenvalue weighted by atomic mass is 19.4. The van der Waals surface area contributed by atoms with Crippen LogP contribution < -0.4 is 16.4 Å². The van der Waals surface area contributed by atoms with E-state index in [1.165, 1.54) is 6.07 Å². The van der Waals surface area contributed by atoms with Crippen molar-refractivity contribution in [3.8, 4) is 0 Å². The van der Waals surface area contributed by atoms with Gasteiger partial charge in [-0.3, -0.25) is 19.3 Å². The normalized spacial score (nSPS) is 22.6. The Hall–Kier alpha value is -3.44. The zero-order chi connectivity index (χ0) is 26.8. The first-order valence-corrected chi connectivity index (χ1v) is 12.1. The number of hydrogen-bond acceptors (Lipinski definition) is 5. The Bertz CT molecular complexity index is 1160. The number of rotatable bonds is 7. The number of nitrogens with one attached hydrogen (secondary N) is 2. The van der Waals surface area contributed by atoms with E-state index in [2.05, 4.69) is 15.5 Å². The molecule has 2 aliphatic rings. The molecule has 0 spiro atoms. The smallest absolute Gasteiger partial charge is 0.385 e. The molecule has 1 aliphatic heterocycles. The summed E-state index contributed by atoms with van der Waals surface area (Å²) in [6, 6.07) is 10.9. The quantitative estimate of drug-likeness (QED) is 0.447. The van der Waals surface area contributed by atoms with Crippen LogP contribution in [0.4, 0.5) is 13.2 Å². The lowest BCUT2D eigenvalue weighted by molar-refractivity contribution is -0.137. The van der Waals surface area contributed by atoms with Gasteiger partial charge < -0.3 is 21.5 Å². The van der Waals surface area contributed by atoms with Crippen LogP contribution >= 0.6 is 0 Å². The van der Waals surface area contributed by atoms with Crippen LogP contribution in [0, 0.1) is 0 Å². The maximum absolute atomic E-state index is 12.8. The molecule has 0 radical (unpaired) electrons. The minimum absolute atomic E-state index is 0.0832. The average Bonchev–Trinajstić information content (AvgIpc) is 2.85. The van der Waals surface area contributed by atoms with Crippen molar-refractivity contribution in [2.75, 3.05) is 19.6 Å². The molecule has 0 atom stereocenters. The fraction of sp³-hybridized carbons (Fsp3) is 0.423. The van der Waals surface area contributed by atoms with Gasteiger partial charge in [-0.25, -0.2) is 0 Å². The van der Waals surface area contributed by atoms with Crippen molar-refractivity contribution in [3.63, 3.8) is 0 Å². The molecule has 0 bridgehead atoms. The van der Waals surface area contributed by atoms with Gasteiger partial charge >= 0.3 is 6.18 Å². The first kappa shape index (κ1) is 26.6. The second-order valence-corrected chi connectivity index (χ2v) is 9.68. The lowest BCUT2D eigenvalue weighted by Crippen LogP contribution is -2.63. The molecule has 1 saturated carbocycles. The van der Waals surface area contributed by atoms with E-state index in [0.717, 1.165) is 36.6 Å². The SMILES string of the molecule is NC(=O)c1ccc(C2(O)CCC(N3CC(NC(=O)CNC(=O)c4cccc(C(F)(F)F)c4)C3)CC2)cc1. The van der Waals surface area contributed by atoms with Gasteiger partial charge in [0.1, 0.15) is 0 Å². The average molecular weight is 519 g/mol. The number of halogens is 3. The lowest BCUT2D eigenvalue weighted by atomic mass is 9.76. The van der Waals surface area contributed by atoms with Gasteiger partial charge in [-0.2, -0.15) is 13.2 Å². The van der Waals surface area contributed by atoms with Crippen molar-refractivity contribution < 1.29 is 32.7 Å². The summed E-state index contributed by atoms with van der Waals surface area (Å²) in [5.74, 6) is -1.68. The van der Waals surface area contributed by atoms with Crippen molar-refractivity contribution in [3.05, 3.63) is 70.8 Å².